The maximum absolute atomic E-state index is 5.37. The van der Waals surface area contributed by atoms with Gasteiger partial charge < -0.3 is 4.74 Å². The average molecular weight is 164 g/mol. The zero-order chi connectivity index (χ0) is 8.34. The molecular weight excluding hydrogens is 148 g/mol. The number of epoxide rings is 1. The summed E-state index contributed by atoms with van der Waals surface area (Å²) in [4.78, 5) is 0. The van der Waals surface area contributed by atoms with E-state index < -0.39 is 0 Å². The van der Waals surface area contributed by atoms with Gasteiger partial charge >= 0.3 is 0 Å². The van der Waals surface area contributed by atoms with Crippen LogP contribution in [0.25, 0.3) is 0 Å². The number of hydrogen-bond acceptors (Lipinski definition) is 1. The average Bonchev–Trinajstić information content (AvgIpc) is 2.86. The van der Waals surface area contributed by atoms with E-state index in [0.717, 1.165) is 18.4 Å². The molecule has 1 heterocycles. The van der Waals surface area contributed by atoms with E-state index in [0.29, 0.717) is 11.5 Å². The zero-order valence-electron chi connectivity index (χ0n) is 7.84. The van der Waals surface area contributed by atoms with Gasteiger partial charge in [-0.15, -0.1) is 0 Å². The van der Waals surface area contributed by atoms with Crippen LogP contribution in [0.5, 0.6) is 0 Å². The fourth-order valence-corrected chi connectivity index (χ4v) is 3.00. The van der Waals surface area contributed by atoms with Gasteiger partial charge in [-0.25, -0.2) is 0 Å². The SMILES string of the molecule is CC1(C)C2CC=C(C3CO3)C1C2. The second-order valence-electron chi connectivity index (χ2n) is 5.07. The first-order valence-electron chi connectivity index (χ1n) is 5.01. The highest BCUT2D eigenvalue weighted by Crippen LogP contribution is 2.60. The van der Waals surface area contributed by atoms with Crippen LogP contribution in [0.1, 0.15) is 26.7 Å². The smallest absolute Gasteiger partial charge is 0.102 e. The molecule has 2 bridgehead atoms. The fraction of sp³-hybridized carbons (Fsp3) is 0.818. The third kappa shape index (κ3) is 0.731. The van der Waals surface area contributed by atoms with Crippen molar-refractivity contribution in [3.05, 3.63) is 11.6 Å². The second kappa shape index (κ2) is 1.95. The lowest BCUT2D eigenvalue weighted by molar-refractivity contribution is -0.00988. The molecule has 0 radical (unpaired) electrons. The van der Waals surface area contributed by atoms with Crippen LogP contribution in [0.3, 0.4) is 0 Å². The van der Waals surface area contributed by atoms with E-state index in [1.807, 2.05) is 0 Å². The van der Waals surface area contributed by atoms with Crippen molar-refractivity contribution in [2.75, 3.05) is 6.61 Å². The maximum Gasteiger partial charge on any atom is 0.102 e. The molecule has 3 aliphatic carbocycles. The van der Waals surface area contributed by atoms with E-state index >= 15 is 0 Å². The van der Waals surface area contributed by atoms with Gasteiger partial charge in [0.1, 0.15) is 6.10 Å². The van der Waals surface area contributed by atoms with Crippen molar-refractivity contribution in [2.24, 2.45) is 17.3 Å². The topological polar surface area (TPSA) is 12.5 Å². The summed E-state index contributed by atoms with van der Waals surface area (Å²) in [6.07, 6.45) is 5.70. The lowest BCUT2D eigenvalue weighted by Gasteiger charge is -2.56. The summed E-state index contributed by atoms with van der Waals surface area (Å²) in [5, 5.41) is 0. The van der Waals surface area contributed by atoms with E-state index in [4.69, 9.17) is 4.74 Å². The van der Waals surface area contributed by atoms with Crippen LogP contribution in [-0.4, -0.2) is 12.7 Å². The van der Waals surface area contributed by atoms with Crippen LogP contribution in [0, 0.1) is 17.3 Å². The first-order valence-corrected chi connectivity index (χ1v) is 5.01. The maximum atomic E-state index is 5.37. The number of fused-ring (bicyclic) bond motifs is 1. The second-order valence-corrected chi connectivity index (χ2v) is 5.07. The summed E-state index contributed by atoms with van der Waals surface area (Å²) >= 11 is 0. The van der Waals surface area contributed by atoms with Crippen molar-refractivity contribution in [3.63, 3.8) is 0 Å². The third-order valence-corrected chi connectivity index (χ3v) is 4.22. The fourth-order valence-electron chi connectivity index (χ4n) is 3.00. The zero-order valence-corrected chi connectivity index (χ0v) is 7.84. The van der Waals surface area contributed by atoms with Crippen LogP contribution in [0.2, 0.25) is 0 Å². The molecule has 1 nitrogen and oxygen atoms in total. The molecule has 0 amide bonds. The minimum absolute atomic E-state index is 0.524. The highest BCUT2D eigenvalue weighted by Gasteiger charge is 2.54. The van der Waals surface area contributed by atoms with Crippen LogP contribution in [0.15, 0.2) is 11.6 Å². The molecule has 0 aromatic heterocycles. The Hall–Kier alpha value is -0.300. The third-order valence-electron chi connectivity index (χ3n) is 4.22. The molecule has 12 heavy (non-hydrogen) atoms. The van der Waals surface area contributed by atoms with Crippen molar-refractivity contribution in [1.82, 2.24) is 0 Å². The number of rotatable bonds is 1. The lowest BCUT2D eigenvalue weighted by Crippen LogP contribution is -2.48. The normalized spacial score (nSPS) is 47.8. The Morgan fingerprint density at radius 2 is 2.25 bits per heavy atom. The van der Waals surface area contributed by atoms with Crippen molar-refractivity contribution in [2.45, 2.75) is 32.8 Å². The molecule has 0 N–H and O–H groups in total. The highest BCUT2D eigenvalue weighted by molar-refractivity contribution is 5.28. The molecule has 66 valence electrons. The van der Waals surface area contributed by atoms with Gasteiger partial charge in [0.25, 0.3) is 0 Å². The van der Waals surface area contributed by atoms with Crippen molar-refractivity contribution < 1.29 is 4.74 Å². The molecule has 3 unspecified atom stereocenters. The minimum Gasteiger partial charge on any atom is -0.368 e. The molecule has 3 atom stereocenters. The minimum atomic E-state index is 0.524. The van der Waals surface area contributed by atoms with Gasteiger partial charge in [-0.2, -0.15) is 0 Å². The molecule has 0 spiro atoms. The molecule has 4 aliphatic rings. The first-order chi connectivity index (χ1) is 5.69. The molecule has 4 rings (SSSR count). The summed E-state index contributed by atoms with van der Waals surface area (Å²) < 4.78 is 5.37. The highest BCUT2D eigenvalue weighted by atomic mass is 16.6. The summed E-state index contributed by atoms with van der Waals surface area (Å²) in [5.41, 5.74) is 2.21. The largest absolute Gasteiger partial charge is 0.368 e. The van der Waals surface area contributed by atoms with E-state index in [1.165, 1.54) is 12.8 Å². The van der Waals surface area contributed by atoms with Crippen LogP contribution >= 0.6 is 0 Å². The molecular formula is C11H16O. The van der Waals surface area contributed by atoms with Gasteiger partial charge in [0.2, 0.25) is 0 Å². The van der Waals surface area contributed by atoms with E-state index in [1.54, 1.807) is 5.57 Å². The van der Waals surface area contributed by atoms with Gasteiger partial charge in [-0.1, -0.05) is 19.9 Å². The predicted octanol–water partition coefficient (Wildman–Crippen LogP) is 2.38. The monoisotopic (exact) mass is 164 g/mol. The Bertz CT molecular complexity index is 248. The quantitative estimate of drug-likeness (QED) is 0.428. The van der Waals surface area contributed by atoms with Gasteiger partial charge in [0.05, 0.1) is 6.61 Å². The van der Waals surface area contributed by atoms with E-state index in [2.05, 4.69) is 19.9 Å². The van der Waals surface area contributed by atoms with E-state index in [9.17, 15) is 0 Å². The van der Waals surface area contributed by atoms with Crippen molar-refractivity contribution in [1.29, 1.82) is 0 Å². The lowest BCUT2D eigenvalue weighted by atomic mass is 9.48. The number of ether oxygens (including phenoxy) is 1. The molecule has 1 heteroatoms. The Kier molecular flexibility index (Phi) is 1.16. The molecule has 1 saturated heterocycles. The summed E-state index contributed by atoms with van der Waals surface area (Å²) in [7, 11) is 0. The standard InChI is InChI=1S/C11H16O/c1-11(2)7-3-4-8(9(11)5-7)10-6-12-10/h4,7,9-10H,3,5-6H2,1-2H3. The first kappa shape index (κ1) is 7.14. The summed E-state index contributed by atoms with van der Waals surface area (Å²) in [6, 6.07) is 0. The Morgan fingerprint density at radius 3 is 2.75 bits per heavy atom. The van der Waals surface area contributed by atoms with Gasteiger partial charge in [-0.3, -0.25) is 0 Å². The van der Waals surface area contributed by atoms with Gasteiger partial charge in [0, 0.05) is 0 Å². The van der Waals surface area contributed by atoms with Crippen LogP contribution in [0.4, 0.5) is 0 Å². The molecule has 2 fully saturated rings. The Morgan fingerprint density at radius 1 is 1.50 bits per heavy atom. The molecule has 0 aromatic rings. The van der Waals surface area contributed by atoms with Crippen molar-refractivity contribution in [3.8, 4) is 0 Å². The van der Waals surface area contributed by atoms with Crippen LogP contribution < -0.4 is 0 Å². The van der Waals surface area contributed by atoms with Crippen LogP contribution in [-0.2, 0) is 4.74 Å². The van der Waals surface area contributed by atoms with Crippen molar-refractivity contribution >= 4 is 0 Å². The molecule has 0 aromatic carbocycles. The van der Waals surface area contributed by atoms with Gasteiger partial charge in [0.15, 0.2) is 0 Å². The summed E-state index contributed by atoms with van der Waals surface area (Å²) in [6.45, 7) is 5.82. The molecule has 1 saturated carbocycles. The number of hydrogen-bond donors (Lipinski definition) is 0. The van der Waals surface area contributed by atoms with Gasteiger partial charge in [-0.05, 0) is 35.7 Å². The predicted molar refractivity (Wildman–Crippen MR) is 47.8 cm³/mol. The van der Waals surface area contributed by atoms with E-state index in [-0.39, 0.29) is 0 Å². The Balaban J connectivity index is 1.91. The summed E-state index contributed by atoms with van der Waals surface area (Å²) in [5.74, 6) is 1.81. The Labute approximate surface area is 73.8 Å². The number of allylic oxidation sites excluding steroid dienone is 1. The molecule has 1 aliphatic heterocycles.